The van der Waals surface area contributed by atoms with Crippen molar-refractivity contribution in [3.05, 3.63) is 82.3 Å². The molecule has 0 atom stereocenters. The second-order valence-corrected chi connectivity index (χ2v) is 8.51. The number of halogens is 1. The van der Waals surface area contributed by atoms with Gasteiger partial charge in [-0.25, -0.2) is 4.39 Å². The minimum absolute atomic E-state index is 0.236. The molecule has 2 aromatic rings. The van der Waals surface area contributed by atoms with Gasteiger partial charge in [0.2, 0.25) is 0 Å². The van der Waals surface area contributed by atoms with Crippen molar-refractivity contribution in [3.8, 4) is 0 Å². The summed E-state index contributed by atoms with van der Waals surface area (Å²) in [6, 6.07) is 15.3. The summed E-state index contributed by atoms with van der Waals surface area (Å²) < 4.78 is 13.3. The van der Waals surface area contributed by atoms with Gasteiger partial charge in [-0.3, -0.25) is 0 Å². The van der Waals surface area contributed by atoms with Crippen LogP contribution in [0.25, 0.3) is 6.08 Å². The van der Waals surface area contributed by atoms with Gasteiger partial charge in [0.15, 0.2) is 0 Å². The minimum Gasteiger partial charge on any atom is -0.371 e. The molecule has 0 radical (unpaired) electrons. The fourth-order valence-electron chi connectivity index (χ4n) is 4.35. The molecule has 30 heavy (non-hydrogen) atoms. The van der Waals surface area contributed by atoms with E-state index in [1.54, 1.807) is 12.1 Å². The van der Waals surface area contributed by atoms with Crippen LogP contribution in [0.4, 0.5) is 10.1 Å². The first kappa shape index (κ1) is 20.8. The maximum Gasteiger partial charge on any atom is 0.123 e. The van der Waals surface area contributed by atoms with Gasteiger partial charge in [-0.2, -0.15) is 0 Å². The van der Waals surface area contributed by atoms with E-state index in [1.807, 2.05) is 0 Å². The summed E-state index contributed by atoms with van der Waals surface area (Å²) in [5, 5.41) is 3.33. The molecule has 4 heteroatoms. The Bertz CT molecular complexity index is 952. The van der Waals surface area contributed by atoms with Crippen molar-refractivity contribution in [1.82, 2.24) is 4.90 Å². The monoisotopic (exact) mass is 420 g/mol. The second kappa shape index (κ2) is 9.57. The van der Waals surface area contributed by atoms with Crippen molar-refractivity contribution >= 4 is 29.0 Å². The largest absolute Gasteiger partial charge is 0.371 e. The lowest BCUT2D eigenvalue weighted by Gasteiger charge is -2.32. The number of hydrogen-bond donors (Lipinski definition) is 1. The Labute approximate surface area is 184 Å². The summed E-state index contributed by atoms with van der Waals surface area (Å²) in [6.07, 6.45) is 9.09. The van der Waals surface area contributed by atoms with Gasteiger partial charge >= 0.3 is 0 Å². The van der Waals surface area contributed by atoms with Crippen LogP contribution in [0.3, 0.4) is 0 Å². The number of likely N-dealkylation sites (tertiary alicyclic amines) is 1. The van der Waals surface area contributed by atoms with E-state index in [0.717, 1.165) is 43.0 Å². The summed E-state index contributed by atoms with van der Waals surface area (Å²) in [5.41, 5.74) is 7.34. The van der Waals surface area contributed by atoms with Gasteiger partial charge in [0.05, 0.1) is 0 Å². The lowest BCUT2D eigenvalue weighted by atomic mass is 10.0. The third-order valence-corrected chi connectivity index (χ3v) is 6.36. The summed E-state index contributed by atoms with van der Waals surface area (Å²) in [5.74, 6) is -0.236. The van der Waals surface area contributed by atoms with E-state index >= 15 is 0 Å². The molecule has 0 aromatic heterocycles. The Morgan fingerprint density at radius 3 is 2.37 bits per heavy atom. The lowest BCUT2D eigenvalue weighted by molar-refractivity contribution is 0.290. The molecule has 1 aliphatic heterocycles. The van der Waals surface area contributed by atoms with Crippen LogP contribution in [0, 0.1) is 5.82 Å². The molecule has 1 heterocycles. The van der Waals surface area contributed by atoms with Crippen LogP contribution >= 0.6 is 12.2 Å². The topological polar surface area (TPSA) is 15.3 Å². The van der Waals surface area contributed by atoms with Crippen molar-refractivity contribution in [2.45, 2.75) is 45.4 Å². The van der Waals surface area contributed by atoms with Crippen molar-refractivity contribution in [2.75, 3.05) is 18.4 Å². The first-order chi connectivity index (χ1) is 14.6. The standard InChI is InChI=1S/C26H29FN2S/c1-2-19-6-8-20(9-7-19)18-21-10-15-24(25(21)29-16-4-3-5-17-29)26(30)28-23-13-11-22(27)12-14-23/h6-9,11-14,18H,2-5,10,15-17H2,1H3,(H,28,30)/b21-18-. The zero-order chi connectivity index (χ0) is 20.9. The second-order valence-electron chi connectivity index (χ2n) is 8.10. The quantitative estimate of drug-likeness (QED) is 0.539. The lowest BCUT2D eigenvalue weighted by Crippen LogP contribution is -2.31. The Balaban J connectivity index is 1.64. The van der Waals surface area contributed by atoms with Crippen LogP contribution in [0.1, 0.15) is 50.2 Å². The van der Waals surface area contributed by atoms with Gasteiger partial charge in [-0.1, -0.05) is 43.4 Å². The van der Waals surface area contributed by atoms with Crippen LogP contribution in [0.2, 0.25) is 0 Å². The highest BCUT2D eigenvalue weighted by Crippen LogP contribution is 2.37. The number of nitrogens with one attached hydrogen (secondary N) is 1. The maximum atomic E-state index is 13.3. The number of rotatable bonds is 5. The number of thiocarbonyl (C=S) groups is 1. The molecular formula is C26H29FN2S. The van der Waals surface area contributed by atoms with E-state index in [2.05, 4.69) is 47.5 Å². The van der Waals surface area contributed by atoms with Gasteiger partial charge in [0.1, 0.15) is 10.8 Å². The first-order valence-electron chi connectivity index (χ1n) is 11.0. The zero-order valence-corrected chi connectivity index (χ0v) is 18.4. The molecule has 1 fully saturated rings. The van der Waals surface area contributed by atoms with Crippen molar-refractivity contribution in [1.29, 1.82) is 0 Å². The van der Waals surface area contributed by atoms with Gasteiger partial charge in [-0.05, 0) is 85.6 Å². The first-order valence-corrected chi connectivity index (χ1v) is 11.4. The number of aryl methyl sites for hydroxylation is 1. The summed E-state index contributed by atoms with van der Waals surface area (Å²) in [6.45, 7) is 4.36. The number of piperidine rings is 1. The molecule has 0 spiro atoms. The summed E-state index contributed by atoms with van der Waals surface area (Å²) >= 11 is 5.81. The van der Waals surface area contributed by atoms with E-state index in [0.29, 0.717) is 0 Å². The molecule has 0 saturated carbocycles. The van der Waals surface area contributed by atoms with E-state index in [9.17, 15) is 4.39 Å². The maximum absolute atomic E-state index is 13.3. The molecule has 1 aliphatic carbocycles. The van der Waals surface area contributed by atoms with E-state index in [-0.39, 0.29) is 5.82 Å². The predicted molar refractivity (Wildman–Crippen MR) is 128 cm³/mol. The van der Waals surface area contributed by atoms with Gasteiger partial charge in [0.25, 0.3) is 0 Å². The molecule has 1 N–H and O–H groups in total. The Hall–Kier alpha value is -2.46. The molecule has 0 amide bonds. The van der Waals surface area contributed by atoms with Crippen LogP contribution in [-0.4, -0.2) is 23.0 Å². The molecule has 2 aromatic carbocycles. The number of anilines is 1. The van der Waals surface area contributed by atoms with Gasteiger partial charge in [-0.15, -0.1) is 0 Å². The molecular weight excluding hydrogens is 391 g/mol. The third-order valence-electron chi connectivity index (χ3n) is 6.01. The van der Waals surface area contributed by atoms with Crippen LogP contribution in [0.5, 0.6) is 0 Å². The number of allylic oxidation sites excluding steroid dienone is 1. The molecule has 1 saturated heterocycles. The number of benzene rings is 2. The molecule has 0 bridgehead atoms. The van der Waals surface area contributed by atoms with Crippen molar-refractivity contribution < 1.29 is 4.39 Å². The highest BCUT2D eigenvalue weighted by Gasteiger charge is 2.28. The van der Waals surface area contributed by atoms with E-state index < -0.39 is 0 Å². The minimum atomic E-state index is -0.236. The fourth-order valence-corrected chi connectivity index (χ4v) is 4.67. The summed E-state index contributed by atoms with van der Waals surface area (Å²) in [7, 11) is 0. The summed E-state index contributed by atoms with van der Waals surface area (Å²) in [4.78, 5) is 3.28. The number of hydrogen-bond acceptors (Lipinski definition) is 2. The Kier molecular flexibility index (Phi) is 6.63. The van der Waals surface area contributed by atoms with Crippen LogP contribution in [0.15, 0.2) is 65.4 Å². The van der Waals surface area contributed by atoms with Gasteiger partial charge in [0, 0.05) is 30.0 Å². The zero-order valence-electron chi connectivity index (χ0n) is 17.6. The van der Waals surface area contributed by atoms with Crippen LogP contribution < -0.4 is 5.32 Å². The fraction of sp³-hybridized carbons (Fsp3) is 0.346. The molecule has 0 unspecified atom stereocenters. The Morgan fingerprint density at radius 1 is 1.00 bits per heavy atom. The molecule has 156 valence electrons. The number of nitrogens with zero attached hydrogens (tertiary/aromatic N) is 1. The Morgan fingerprint density at radius 2 is 1.70 bits per heavy atom. The molecule has 2 nitrogen and oxygen atoms in total. The molecule has 2 aliphatic rings. The SMILES string of the molecule is CCc1ccc(/C=C2/CCC(C(=S)Nc3ccc(F)cc3)=C2N2CCCCC2)cc1. The third kappa shape index (κ3) is 4.81. The van der Waals surface area contributed by atoms with Crippen molar-refractivity contribution in [2.24, 2.45) is 0 Å². The van der Waals surface area contributed by atoms with Crippen LogP contribution in [-0.2, 0) is 6.42 Å². The highest BCUT2D eigenvalue weighted by molar-refractivity contribution is 7.81. The predicted octanol–water partition coefficient (Wildman–Crippen LogP) is 6.74. The van der Waals surface area contributed by atoms with Crippen molar-refractivity contribution in [3.63, 3.8) is 0 Å². The average Bonchev–Trinajstić information content (AvgIpc) is 3.20. The highest BCUT2D eigenvalue weighted by atomic mass is 32.1. The molecule has 4 rings (SSSR count). The normalized spacial score (nSPS) is 18.2. The van der Waals surface area contributed by atoms with E-state index in [1.165, 1.54) is 59.4 Å². The van der Waals surface area contributed by atoms with E-state index in [4.69, 9.17) is 12.2 Å². The smallest absolute Gasteiger partial charge is 0.123 e. The van der Waals surface area contributed by atoms with Gasteiger partial charge < -0.3 is 10.2 Å². The average molecular weight is 421 g/mol.